The number of benzene rings is 1. The highest BCUT2D eigenvalue weighted by molar-refractivity contribution is 7.99. The smallest absolute Gasteiger partial charge is 0.208 e. The third-order valence-corrected chi connectivity index (χ3v) is 4.82. The van der Waals surface area contributed by atoms with Crippen molar-refractivity contribution in [1.29, 1.82) is 0 Å². The summed E-state index contributed by atoms with van der Waals surface area (Å²) in [6, 6.07) is 9.22. The molecule has 1 saturated heterocycles. The highest BCUT2D eigenvalue weighted by Crippen LogP contribution is 2.26. The normalized spacial score (nSPS) is 17.2. The summed E-state index contributed by atoms with van der Waals surface area (Å²) in [5, 5.41) is 8.06. The number of hydrogen-bond donors (Lipinski definition) is 1. The molecule has 4 nitrogen and oxygen atoms in total. The van der Waals surface area contributed by atoms with E-state index in [9.17, 15) is 0 Å². The largest absolute Gasteiger partial charge is 0.297 e. The van der Waals surface area contributed by atoms with Gasteiger partial charge in [-0.2, -0.15) is 0 Å². The Kier molecular flexibility index (Phi) is 4.60. The van der Waals surface area contributed by atoms with E-state index in [2.05, 4.69) is 58.2 Å². The summed E-state index contributed by atoms with van der Waals surface area (Å²) in [4.78, 5) is 7.06. The van der Waals surface area contributed by atoms with Gasteiger partial charge < -0.3 is 0 Å². The Morgan fingerprint density at radius 1 is 1.24 bits per heavy atom. The van der Waals surface area contributed by atoms with Crippen molar-refractivity contribution < 1.29 is 0 Å². The summed E-state index contributed by atoms with van der Waals surface area (Å²) in [5.41, 5.74) is 2.48. The molecule has 0 saturated carbocycles. The second-order valence-corrected chi connectivity index (χ2v) is 6.67. The number of rotatable bonds is 5. The van der Waals surface area contributed by atoms with Gasteiger partial charge in [-0.25, -0.2) is 4.98 Å². The van der Waals surface area contributed by atoms with Gasteiger partial charge >= 0.3 is 0 Å². The van der Waals surface area contributed by atoms with E-state index >= 15 is 0 Å². The van der Waals surface area contributed by atoms with Crippen LogP contribution >= 0.6 is 11.8 Å². The summed E-state index contributed by atoms with van der Waals surface area (Å²) in [6.07, 6.45) is 2.66. The van der Waals surface area contributed by atoms with Crippen molar-refractivity contribution in [2.45, 2.75) is 37.9 Å². The fourth-order valence-corrected chi connectivity index (χ4v) is 3.35. The van der Waals surface area contributed by atoms with Gasteiger partial charge in [0.25, 0.3) is 0 Å². The van der Waals surface area contributed by atoms with Crippen molar-refractivity contribution in [3.05, 3.63) is 29.8 Å². The molecule has 2 aromatic rings. The van der Waals surface area contributed by atoms with Gasteiger partial charge in [-0.1, -0.05) is 43.0 Å². The Hall–Kier alpha value is -1.33. The predicted octanol–water partition coefficient (Wildman–Crippen LogP) is 3.74. The zero-order valence-corrected chi connectivity index (χ0v) is 13.5. The van der Waals surface area contributed by atoms with Crippen LogP contribution in [0.2, 0.25) is 0 Å². The van der Waals surface area contributed by atoms with Gasteiger partial charge in [-0.15, -0.1) is 5.10 Å². The molecule has 1 aliphatic rings. The van der Waals surface area contributed by atoms with E-state index in [-0.39, 0.29) is 0 Å². The van der Waals surface area contributed by atoms with E-state index in [0.717, 1.165) is 22.3 Å². The first-order chi connectivity index (χ1) is 10.3. The Bertz CT molecular complexity index is 572. The topological polar surface area (TPSA) is 44.8 Å². The number of likely N-dealkylation sites (tertiary alicyclic amines) is 1. The van der Waals surface area contributed by atoms with Crippen LogP contribution in [-0.2, 0) is 0 Å². The van der Waals surface area contributed by atoms with Crippen LogP contribution in [0.5, 0.6) is 0 Å². The first-order valence-corrected chi connectivity index (χ1v) is 8.66. The summed E-state index contributed by atoms with van der Waals surface area (Å²) >= 11 is 1.66. The van der Waals surface area contributed by atoms with Crippen molar-refractivity contribution >= 4 is 11.8 Å². The molecule has 0 aliphatic carbocycles. The standard InChI is InChI=1S/C16H22N4S/c1-3-21-16-17-15(18-19-16)14-8-6-13(7-9-14)12(2)20-10-4-5-11-20/h6-9,12H,3-5,10-11H2,1-2H3,(H,17,18,19)/t12-/m1/s1. The molecular formula is C16H22N4S. The Balaban J connectivity index is 1.73. The third kappa shape index (κ3) is 3.30. The van der Waals surface area contributed by atoms with Crippen LogP contribution in [-0.4, -0.2) is 38.9 Å². The maximum absolute atomic E-state index is 4.51. The number of thioether (sulfide) groups is 1. The lowest BCUT2D eigenvalue weighted by atomic mass is 10.0. The molecule has 0 spiro atoms. The highest BCUT2D eigenvalue weighted by Gasteiger charge is 2.19. The number of nitrogens with one attached hydrogen (secondary N) is 1. The van der Waals surface area contributed by atoms with E-state index < -0.39 is 0 Å². The molecule has 3 rings (SSSR count). The molecule has 1 aliphatic heterocycles. The minimum atomic E-state index is 0.502. The van der Waals surface area contributed by atoms with Crippen molar-refractivity contribution in [2.75, 3.05) is 18.8 Å². The van der Waals surface area contributed by atoms with Crippen LogP contribution in [0.4, 0.5) is 0 Å². The number of hydrogen-bond acceptors (Lipinski definition) is 4. The van der Waals surface area contributed by atoms with Gasteiger partial charge in [0, 0.05) is 11.6 Å². The van der Waals surface area contributed by atoms with E-state index in [1.54, 1.807) is 11.8 Å². The summed E-state index contributed by atoms with van der Waals surface area (Å²) in [6.45, 7) is 6.85. The maximum Gasteiger partial charge on any atom is 0.208 e. The first-order valence-electron chi connectivity index (χ1n) is 7.67. The average Bonchev–Trinajstić information content (AvgIpc) is 3.19. The average molecular weight is 302 g/mol. The minimum Gasteiger partial charge on any atom is -0.297 e. The monoisotopic (exact) mass is 302 g/mol. The molecule has 0 radical (unpaired) electrons. The fraction of sp³-hybridized carbons (Fsp3) is 0.500. The van der Waals surface area contributed by atoms with Gasteiger partial charge in [0.1, 0.15) is 0 Å². The highest BCUT2D eigenvalue weighted by atomic mass is 32.2. The molecule has 21 heavy (non-hydrogen) atoms. The van der Waals surface area contributed by atoms with Crippen molar-refractivity contribution in [2.24, 2.45) is 0 Å². The Morgan fingerprint density at radius 2 is 1.95 bits per heavy atom. The van der Waals surface area contributed by atoms with Crippen molar-refractivity contribution in [3.8, 4) is 11.4 Å². The number of H-pyrrole nitrogens is 1. The zero-order valence-electron chi connectivity index (χ0n) is 12.7. The van der Waals surface area contributed by atoms with E-state index in [1.807, 2.05) is 0 Å². The fourth-order valence-electron chi connectivity index (χ4n) is 2.83. The molecule has 1 aromatic carbocycles. The lowest BCUT2D eigenvalue weighted by Crippen LogP contribution is -2.23. The van der Waals surface area contributed by atoms with Gasteiger partial charge in [-0.3, -0.25) is 10.00 Å². The van der Waals surface area contributed by atoms with Gasteiger partial charge in [-0.05, 0) is 44.2 Å². The van der Waals surface area contributed by atoms with Crippen LogP contribution in [0.1, 0.15) is 38.3 Å². The molecule has 0 bridgehead atoms. The second kappa shape index (κ2) is 6.62. The number of aromatic amines is 1. The second-order valence-electron chi connectivity index (χ2n) is 5.44. The first kappa shape index (κ1) is 14.6. The van der Waals surface area contributed by atoms with E-state index in [0.29, 0.717) is 6.04 Å². The Labute approximate surface area is 130 Å². The van der Waals surface area contributed by atoms with Gasteiger partial charge in [0.2, 0.25) is 5.16 Å². The Morgan fingerprint density at radius 3 is 2.62 bits per heavy atom. The van der Waals surface area contributed by atoms with Crippen molar-refractivity contribution in [1.82, 2.24) is 20.1 Å². The quantitative estimate of drug-likeness (QED) is 0.855. The van der Waals surface area contributed by atoms with E-state index in [1.165, 1.54) is 31.5 Å². The lowest BCUT2D eigenvalue weighted by molar-refractivity contribution is 0.263. The van der Waals surface area contributed by atoms with Crippen LogP contribution < -0.4 is 0 Å². The van der Waals surface area contributed by atoms with E-state index in [4.69, 9.17) is 0 Å². The molecule has 0 unspecified atom stereocenters. The van der Waals surface area contributed by atoms with Crippen LogP contribution in [0.3, 0.4) is 0 Å². The molecule has 0 amide bonds. The molecule has 1 atom stereocenters. The van der Waals surface area contributed by atoms with Crippen LogP contribution in [0.15, 0.2) is 29.4 Å². The molecule has 1 N–H and O–H groups in total. The lowest BCUT2D eigenvalue weighted by Gasteiger charge is -2.24. The van der Waals surface area contributed by atoms with Crippen LogP contribution in [0.25, 0.3) is 11.4 Å². The summed E-state index contributed by atoms with van der Waals surface area (Å²) < 4.78 is 0. The molecule has 112 valence electrons. The number of aromatic nitrogens is 3. The van der Waals surface area contributed by atoms with Crippen LogP contribution in [0, 0.1) is 0 Å². The molecular weight excluding hydrogens is 280 g/mol. The SMILES string of the molecule is CCSc1n[nH]c(-c2ccc([C@@H](C)N3CCCC3)cc2)n1. The maximum atomic E-state index is 4.51. The summed E-state index contributed by atoms with van der Waals surface area (Å²) in [5.74, 6) is 1.84. The molecule has 1 fully saturated rings. The summed E-state index contributed by atoms with van der Waals surface area (Å²) in [7, 11) is 0. The number of nitrogens with zero attached hydrogens (tertiary/aromatic N) is 3. The molecule has 2 heterocycles. The predicted molar refractivity (Wildman–Crippen MR) is 87.4 cm³/mol. The molecule has 5 heteroatoms. The molecule has 1 aromatic heterocycles. The minimum absolute atomic E-state index is 0.502. The van der Waals surface area contributed by atoms with Crippen molar-refractivity contribution in [3.63, 3.8) is 0 Å². The third-order valence-electron chi connectivity index (χ3n) is 4.09. The van der Waals surface area contributed by atoms with Gasteiger partial charge in [0.05, 0.1) is 0 Å². The van der Waals surface area contributed by atoms with Gasteiger partial charge in [0.15, 0.2) is 5.82 Å². The zero-order chi connectivity index (χ0) is 14.7.